The number of carbonyl (C=O) groups is 2. The summed E-state index contributed by atoms with van der Waals surface area (Å²) in [6.07, 6.45) is 7.07. The Labute approximate surface area is 149 Å². The molecule has 5 nitrogen and oxygen atoms in total. The van der Waals surface area contributed by atoms with Crippen LogP contribution in [0.2, 0.25) is 0 Å². The van der Waals surface area contributed by atoms with Gasteiger partial charge in [0.15, 0.2) is 0 Å². The summed E-state index contributed by atoms with van der Waals surface area (Å²) in [5, 5.41) is 5.85. The summed E-state index contributed by atoms with van der Waals surface area (Å²) in [5.41, 5.74) is 1.64. The van der Waals surface area contributed by atoms with Gasteiger partial charge in [-0.25, -0.2) is 0 Å². The molecule has 2 aliphatic rings. The van der Waals surface area contributed by atoms with Gasteiger partial charge in [0.1, 0.15) is 6.61 Å². The molecule has 0 heterocycles. The van der Waals surface area contributed by atoms with Crippen molar-refractivity contribution in [1.29, 1.82) is 0 Å². The van der Waals surface area contributed by atoms with Gasteiger partial charge in [-0.15, -0.1) is 0 Å². The molecule has 0 bridgehead atoms. The predicted molar refractivity (Wildman–Crippen MR) is 96.1 cm³/mol. The van der Waals surface area contributed by atoms with Gasteiger partial charge in [0.05, 0.1) is 6.10 Å². The second-order valence-corrected chi connectivity index (χ2v) is 7.33. The van der Waals surface area contributed by atoms with Crippen molar-refractivity contribution in [1.82, 2.24) is 10.6 Å². The molecule has 2 N–H and O–H groups in total. The van der Waals surface area contributed by atoms with Gasteiger partial charge in [0.2, 0.25) is 5.91 Å². The lowest BCUT2D eigenvalue weighted by Gasteiger charge is -2.28. The fraction of sp³-hybridized carbons (Fsp3) is 0.600. The summed E-state index contributed by atoms with van der Waals surface area (Å²) in [4.78, 5) is 23.9. The Morgan fingerprint density at radius 1 is 1.08 bits per heavy atom. The van der Waals surface area contributed by atoms with Crippen LogP contribution < -0.4 is 10.6 Å². The summed E-state index contributed by atoms with van der Waals surface area (Å²) in [5.74, 6) is 0.428. The van der Waals surface area contributed by atoms with Crippen LogP contribution in [0.25, 0.3) is 0 Å². The third-order valence-electron chi connectivity index (χ3n) is 5.08. The van der Waals surface area contributed by atoms with Gasteiger partial charge in [-0.05, 0) is 49.3 Å². The summed E-state index contributed by atoms with van der Waals surface area (Å²) >= 11 is 0. The lowest BCUT2D eigenvalue weighted by Crippen LogP contribution is -2.32. The van der Waals surface area contributed by atoms with Crippen molar-refractivity contribution in [2.75, 3.05) is 6.61 Å². The van der Waals surface area contributed by atoms with E-state index in [1.165, 1.54) is 19.3 Å². The molecule has 1 aromatic rings. The van der Waals surface area contributed by atoms with Crippen LogP contribution in [0.15, 0.2) is 24.3 Å². The molecule has 1 aromatic carbocycles. The van der Waals surface area contributed by atoms with Crippen LogP contribution in [-0.2, 0) is 16.1 Å². The average molecular weight is 344 g/mol. The maximum Gasteiger partial charge on any atom is 0.251 e. The first-order valence-corrected chi connectivity index (χ1v) is 9.40. The van der Waals surface area contributed by atoms with Gasteiger partial charge in [-0.1, -0.05) is 31.9 Å². The summed E-state index contributed by atoms with van der Waals surface area (Å²) < 4.78 is 5.77. The molecule has 136 valence electrons. The van der Waals surface area contributed by atoms with Crippen molar-refractivity contribution >= 4 is 11.8 Å². The highest BCUT2D eigenvalue weighted by atomic mass is 16.5. The standard InChI is InChI=1S/C20H28N2O3/c1-14-4-2-3-5-18(14)25-13-19(23)21-12-15-6-8-16(9-7-15)20(24)22-17-10-11-17/h6-9,14,17-18H,2-5,10-13H2,1H3,(H,21,23)(H,22,24)/t14-,18-/m0/s1. The van der Waals surface area contributed by atoms with Gasteiger partial charge in [0.25, 0.3) is 5.91 Å². The Hall–Kier alpha value is -1.88. The van der Waals surface area contributed by atoms with E-state index >= 15 is 0 Å². The van der Waals surface area contributed by atoms with Gasteiger partial charge in [-0.2, -0.15) is 0 Å². The van der Waals surface area contributed by atoms with Crippen molar-refractivity contribution in [3.63, 3.8) is 0 Å². The number of carbonyl (C=O) groups excluding carboxylic acids is 2. The SMILES string of the molecule is C[C@H]1CCCC[C@@H]1OCC(=O)NCc1ccc(C(=O)NC2CC2)cc1. The zero-order chi connectivity index (χ0) is 17.6. The number of hydrogen-bond donors (Lipinski definition) is 2. The van der Waals surface area contributed by atoms with Crippen LogP contribution in [0, 0.1) is 5.92 Å². The van der Waals surface area contributed by atoms with Gasteiger partial charge in [-0.3, -0.25) is 9.59 Å². The fourth-order valence-electron chi connectivity index (χ4n) is 3.23. The summed E-state index contributed by atoms with van der Waals surface area (Å²) in [6, 6.07) is 7.73. The lowest BCUT2D eigenvalue weighted by molar-refractivity contribution is -0.129. The van der Waals surface area contributed by atoms with E-state index < -0.39 is 0 Å². The first kappa shape index (κ1) is 17.9. The Bertz CT molecular complexity index is 595. The van der Waals surface area contributed by atoms with Gasteiger partial charge in [0, 0.05) is 18.2 Å². The highest BCUT2D eigenvalue weighted by Crippen LogP contribution is 2.26. The number of hydrogen-bond acceptors (Lipinski definition) is 3. The molecule has 5 heteroatoms. The number of ether oxygens (including phenoxy) is 1. The molecule has 0 unspecified atom stereocenters. The lowest BCUT2D eigenvalue weighted by atomic mass is 9.88. The van der Waals surface area contributed by atoms with E-state index in [0.29, 0.717) is 24.1 Å². The summed E-state index contributed by atoms with van der Waals surface area (Å²) in [7, 11) is 0. The number of nitrogens with one attached hydrogen (secondary N) is 2. The smallest absolute Gasteiger partial charge is 0.251 e. The predicted octanol–water partition coefficient (Wildman–Crippen LogP) is 2.79. The zero-order valence-corrected chi connectivity index (χ0v) is 14.9. The third-order valence-corrected chi connectivity index (χ3v) is 5.08. The van der Waals surface area contributed by atoms with Crippen LogP contribution in [0.3, 0.4) is 0 Å². The summed E-state index contributed by atoms with van der Waals surface area (Å²) in [6.45, 7) is 2.77. The number of rotatable bonds is 7. The molecule has 3 rings (SSSR count). The van der Waals surface area contributed by atoms with E-state index in [1.54, 1.807) is 12.1 Å². The topological polar surface area (TPSA) is 67.4 Å². The first-order valence-electron chi connectivity index (χ1n) is 9.40. The fourth-order valence-corrected chi connectivity index (χ4v) is 3.23. The van der Waals surface area contributed by atoms with Crippen LogP contribution in [0.5, 0.6) is 0 Å². The van der Waals surface area contributed by atoms with Crippen molar-refractivity contribution < 1.29 is 14.3 Å². The minimum atomic E-state index is -0.0895. The molecule has 2 atom stereocenters. The van der Waals surface area contributed by atoms with Crippen molar-refractivity contribution in [2.45, 2.75) is 64.1 Å². The van der Waals surface area contributed by atoms with E-state index in [4.69, 9.17) is 4.74 Å². The van der Waals surface area contributed by atoms with E-state index in [0.717, 1.165) is 24.8 Å². The molecule has 0 aromatic heterocycles. The van der Waals surface area contributed by atoms with Crippen LogP contribution >= 0.6 is 0 Å². The van der Waals surface area contributed by atoms with E-state index in [1.807, 2.05) is 12.1 Å². The molecule has 0 aliphatic heterocycles. The van der Waals surface area contributed by atoms with Crippen LogP contribution in [-0.4, -0.2) is 30.6 Å². The maximum absolute atomic E-state index is 12.0. The maximum atomic E-state index is 12.0. The molecule has 25 heavy (non-hydrogen) atoms. The first-order chi connectivity index (χ1) is 12.1. The van der Waals surface area contributed by atoms with Gasteiger partial charge >= 0.3 is 0 Å². The Morgan fingerprint density at radius 2 is 1.80 bits per heavy atom. The largest absolute Gasteiger partial charge is 0.368 e. The Balaban J connectivity index is 1.38. The molecule has 2 fully saturated rings. The normalized spacial score (nSPS) is 23.1. The van der Waals surface area contributed by atoms with Crippen molar-refractivity contribution in [3.05, 3.63) is 35.4 Å². The van der Waals surface area contributed by atoms with Crippen molar-refractivity contribution in [3.8, 4) is 0 Å². The number of amides is 2. The highest BCUT2D eigenvalue weighted by Gasteiger charge is 2.24. The van der Waals surface area contributed by atoms with E-state index in [-0.39, 0.29) is 24.5 Å². The Morgan fingerprint density at radius 3 is 2.48 bits per heavy atom. The van der Waals surface area contributed by atoms with Crippen LogP contribution in [0.4, 0.5) is 0 Å². The second-order valence-electron chi connectivity index (χ2n) is 7.33. The van der Waals surface area contributed by atoms with E-state index in [9.17, 15) is 9.59 Å². The van der Waals surface area contributed by atoms with Crippen LogP contribution in [0.1, 0.15) is 61.4 Å². The highest BCUT2D eigenvalue weighted by molar-refractivity contribution is 5.94. The second kappa shape index (κ2) is 8.48. The monoisotopic (exact) mass is 344 g/mol. The molecule has 0 spiro atoms. The minimum Gasteiger partial charge on any atom is -0.368 e. The van der Waals surface area contributed by atoms with E-state index in [2.05, 4.69) is 17.6 Å². The molecular weight excluding hydrogens is 316 g/mol. The molecule has 2 aliphatic carbocycles. The van der Waals surface area contributed by atoms with Crippen molar-refractivity contribution in [2.24, 2.45) is 5.92 Å². The molecule has 2 saturated carbocycles. The molecule has 2 amide bonds. The zero-order valence-electron chi connectivity index (χ0n) is 14.9. The Kier molecular flexibility index (Phi) is 6.08. The average Bonchev–Trinajstić information content (AvgIpc) is 3.43. The minimum absolute atomic E-state index is 0.0203. The quantitative estimate of drug-likeness (QED) is 0.799. The number of benzene rings is 1. The molecular formula is C20H28N2O3. The third kappa shape index (κ3) is 5.56. The molecule has 0 saturated heterocycles. The molecule has 0 radical (unpaired) electrons. The van der Waals surface area contributed by atoms with Gasteiger partial charge < -0.3 is 15.4 Å².